The number of thiazole rings is 1. The lowest BCUT2D eigenvalue weighted by Crippen LogP contribution is -2.27. The molecule has 5 aromatic rings. The summed E-state index contributed by atoms with van der Waals surface area (Å²) in [6.45, 7) is 2.11. The molecule has 0 saturated carbocycles. The fourth-order valence-electron chi connectivity index (χ4n) is 4.01. The predicted octanol–water partition coefficient (Wildman–Crippen LogP) is 6.05. The fourth-order valence-corrected chi connectivity index (χ4v) is 4.94. The van der Waals surface area contributed by atoms with Crippen LogP contribution in [0.3, 0.4) is 0 Å². The minimum Gasteiger partial charge on any atom is -0.497 e. The van der Waals surface area contributed by atoms with Crippen LogP contribution in [0.25, 0.3) is 33.7 Å². The lowest BCUT2D eigenvalue weighted by Gasteiger charge is -2.06. The molecule has 3 aromatic heterocycles. The van der Waals surface area contributed by atoms with Gasteiger partial charge in [0, 0.05) is 40.6 Å². The van der Waals surface area contributed by atoms with E-state index in [-0.39, 0.29) is 23.3 Å². The third-order valence-electron chi connectivity index (χ3n) is 5.82. The van der Waals surface area contributed by atoms with Crippen LogP contribution in [0.1, 0.15) is 16.3 Å². The largest absolute Gasteiger partial charge is 0.497 e. The highest BCUT2D eigenvalue weighted by Crippen LogP contribution is 2.34. The Kier molecular flexibility index (Phi) is 7.12. The van der Waals surface area contributed by atoms with E-state index < -0.39 is 0 Å². The molecule has 0 radical (unpaired) electrons. The summed E-state index contributed by atoms with van der Waals surface area (Å²) in [7, 11) is 1.58. The van der Waals surface area contributed by atoms with Crippen LogP contribution < -0.4 is 15.5 Å². The first-order valence-electron chi connectivity index (χ1n) is 11.6. The first-order chi connectivity index (χ1) is 17.9. The van der Waals surface area contributed by atoms with Crippen molar-refractivity contribution in [3.63, 3.8) is 0 Å². The van der Waals surface area contributed by atoms with E-state index in [4.69, 9.17) is 25.2 Å². The topological polar surface area (TPSA) is 94.6 Å². The lowest BCUT2D eigenvalue weighted by atomic mass is 10.1. The second-order valence-corrected chi connectivity index (χ2v) is 9.81. The van der Waals surface area contributed by atoms with Gasteiger partial charge in [0.15, 0.2) is 5.58 Å². The quantitative estimate of drug-likeness (QED) is 0.260. The molecule has 1 amide bonds. The van der Waals surface area contributed by atoms with Crippen molar-refractivity contribution in [3.05, 3.63) is 91.6 Å². The molecule has 188 valence electrons. The summed E-state index contributed by atoms with van der Waals surface area (Å²) in [4.78, 5) is 30.1. The van der Waals surface area contributed by atoms with Gasteiger partial charge in [-0.1, -0.05) is 23.7 Å². The molecule has 37 heavy (non-hydrogen) atoms. The summed E-state index contributed by atoms with van der Waals surface area (Å²) in [5.41, 5.74) is 3.20. The van der Waals surface area contributed by atoms with Gasteiger partial charge in [0.2, 0.25) is 16.9 Å². The zero-order chi connectivity index (χ0) is 25.9. The highest BCUT2D eigenvalue weighted by molar-refractivity contribution is 7.09. The number of amides is 1. The first-order valence-corrected chi connectivity index (χ1v) is 12.8. The average molecular weight is 535 g/mol. The molecule has 0 saturated heterocycles. The molecule has 3 heterocycles. The number of rotatable bonds is 8. The van der Waals surface area contributed by atoms with Gasteiger partial charge in [-0.3, -0.25) is 9.59 Å². The predicted molar refractivity (Wildman–Crippen MR) is 144 cm³/mol. The number of carbonyl (C=O) groups excluding carboxylic acids is 1. The van der Waals surface area contributed by atoms with Crippen LogP contribution in [0, 0.1) is 6.92 Å². The van der Waals surface area contributed by atoms with E-state index in [1.165, 1.54) is 6.07 Å². The van der Waals surface area contributed by atoms with Crippen molar-refractivity contribution in [2.24, 2.45) is 0 Å². The molecule has 7 nitrogen and oxygen atoms in total. The van der Waals surface area contributed by atoms with Crippen LogP contribution in [-0.2, 0) is 17.6 Å². The first kappa shape index (κ1) is 24.8. The second kappa shape index (κ2) is 10.6. The summed E-state index contributed by atoms with van der Waals surface area (Å²) >= 11 is 7.51. The average Bonchev–Trinajstić information content (AvgIpc) is 3.50. The van der Waals surface area contributed by atoms with Crippen molar-refractivity contribution in [2.75, 3.05) is 13.7 Å². The van der Waals surface area contributed by atoms with Gasteiger partial charge < -0.3 is 18.9 Å². The number of furan rings is 1. The standard InChI is InChI=1S/C28H23ClN2O5S/c1-16-13-23(32)28-27(35-16)21(26(36-28)18-5-9-20(34-2)10-6-18)14-24(33)30-12-11-25-31-22(15-37-25)17-3-7-19(29)8-4-17/h3-10,13,15H,11-12,14H2,1-2H3,(H,30,33). The number of methoxy groups -OCH3 is 1. The van der Waals surface area contributed by atoms with E-state index in [1.807, 2.05) is 41.8 Å². The zero-order valence-electron chi connectivity index (χ0n) is 20.2. The number of nitrogens with one attached hydrogen (secondary N) is 1. The summed E-state index contributed by atoms with van der Waals surface area (Å²) in [5, 5.41) is 6.53. The lowest BCUT2D eigenvalue weighted by molar-refractivity contribution is -0.120. The third kappa shape index (κ3) is 5.45. The fraction of sp³-hybridized carbons (Fsp3) is 0.179. The molecule has 5 rings (SSSR count). The van der Waals surface area contributed by atoms with Gasteiger partial charge in [-0.2, -0.15) is 0 Å². The molecule has 0 bridgehead atoms. The van der Waals surface area contributed by atoms with Gasteiger partial charge in [-0.15, -0.1) is 11.3 Å². The number of carbonyl (C=O) groups is 1. The molecule has 0 aliphatic carbocycles. The normalized spacial score (nSPS) is 11.1. The van der Waals surface area contributed by atoms with Crippen molar-refractivity contribution in [2.45, 2.75) is 19.8 Å². The maximum Gasteiger partial charge on any atom is 0.228 e. The molecule has 9 heteroatoms. The van der Waals surface area contributed by atoms with Crippen LogP contribution >= 0.6 is 22.9 Å². The molecule has 0 unspecified atom stereocenters. The Morgan fingerprint density at radius 2 is 1.78 bits per heavy atom. The summed E-state index contributed by atoms with van der Waals surface area (Å²) in [5.74, 6) is 1.34. The van der Waals surface area contributed by atoms with E-state index >= 15 is 0 Å². The third-order valence-corrected chi connectivity index (χ3v) is 6.98. The molecule has 0 aliphatic rings. The highest BCUT2D eigenvalue weighted by atomic mass is 35.5. The van der Waals surface area contributed by atoms with Gasteiger partial charge in [-0.25, -0.2) is 4.98 Å². The van der Waals surface area contributed by atoms with Crippen LogP contribution in [0.5, 0.6) is 5.75 Å². The number of aryl methyl sites for hydroxylation is 1. The molecular weight excluding hydrogens is 512 g/mol. The van der Waals surface area contributed by atoms with Gasteiger partial charge in [0.25, 0.3) is 0 Å². The van der Waals surface area contributed by atoms with Crippen LogP contribution in [0.4, 0.5) is 0 Å². The maximum atomic E-state index is 12.9. The van der Waals surface area contributed by atoms with E-state index in [2.05, 4.69) is 10.3 Å². The van der Waals surface area contributed by atoms with E-state index in [0.717, 1.165) is 16.3 Å². The Hall–Kier alpha value is -3.88. The number of ether oxygens (including phenoxy) is 1. The molecular formula is C28H23ClN2O5S. The van der Waals surface area contributed by atoms with E-state index in [9.17, 15) is 9.59 Å². The molecule has 2 aromatic carbocycles. The maximum absolute atomic E-state index is 12.9. The Morgan fingerprint density at radius 1 is 1.05 bits per heavy atom. The van der Waals surface area contributed by atoms with Crippen LogP contribution in [0.2, 0.25) is 5.02 Å². The summed E-state index contributed by atoms with van der Waals surface area (Å²) < 4.78 is 17.0. The highest BCUT2D eigenvalue weighted by Gasteiger charge is 2.23. The van der Waals surface area contributed by atoms with Crippen molar-refractivity contribution in [3.8, 4) is 28.3 Å². The van der Waals surface area contributed by atoms with Crippen molar-refractivity contribution < 1.29 is 18.4 Å². The van der Waals surface area contributed by atoms with Gasteiger partial charge in [-0.05, 0) is 43.3 Å². The zero-order valence-corrected chi connectivity index (χ0v) is 21.7. The Bertz CT molecular complexity index is 1620. The summed E-state index contributed by atoms with van der Waals surface area (Å²) in [6.07, 6.45) is 0.588. The minimum absolute atomic E-state index is 0.00531. The van der Waals surface area contributed by atoms with Crippen molar-refractivity contribution in [1.29, 1.82) is 0 Å². The number of hydrogen-bond donors (Lipinski definition) is 1. The van der Waals surface area contributed by atoms with Gasteiger partial charge >= 0.3 is 0 Å². The SMILES string of the molecule is COc1ccc(-c2oc3c(=O)cc(C)oc3c2CC(=O)NCCc2nc(-c3ccc(Cl)cc3)cs2)cc1. The molecule has 1 N–H and O–H groups in total. The monoisotopic (exact) mass is 534 g/mol. The Labute approximate surface area is 221 Å². The molecule has 0 fully saturated rings. The van der Waals surface area contributed by atoms with Crippen LogP contribution in [0.15, 0.2) is 73.6 Å². The minimum atomic E-state index is -0.291. The number of nitrogens with zero attached hydrogens (tertiary/aromatic N) is 1. The van der Waals surface area contributed by atoms with E-state index in [0.29, 0.717) is 52.0 Å². The molecule has 0 atom stereocenters. The van der Waals surface area contributed by atoms with Gasteiger partial charge in [0.1, 0.15) is 17.3 Å². The van der Waals surface area contributed by atoms with Crippen LogP contribution in [-0.4, -0.2) is 24.5 Å². The van der Waals surface area contributed by atoms with Gasteiger partial charge in [0.05, 0.1) is 29.8 Å². The summed E-state index contributed by atoms with van der Waals surface area (Å²) in [6, 6.07) is 16.1. The number of hydrogen-bond acceptors (Lipinski definition) is 7. The number of fused-ring (bicyclic) bond motifs is 1. The van der Waals surface area contributed by atoms with Crippen molar-refractivity contribution in [1.82, 2.24) is 10.3 Å². The Morgan fingerprint density at radius 3 is 2.51 bits per heavy atom. The van der Waals surface area contributed by atoms with Crippen molar-refractivity contribution >= 4 is 40.0 Å². The molecule has 0 aliphatic heterocycles. The smallest absolute Gasteiger partial charge is 0.228 e. The number of benzene rings is 2. The van der Waals surface area contributed by atoms with E-state index in [1.54, 1.807) is 37.5 Å². The number of aromatic nitrogens is 1. The second-order valence-electron chi connectivity index (χ2n) is 8.43. The number of halogens is 1. The molecule has 0 spiro atoms. The Balaban J connectivity index is 1.32.